The molecule has 1 rings (SSSR count). The van der Waals surface area contributed by atoms with Crippen molar-refractivity contribution in [3.8, 4) is 0 Å². The molecule has 0 aliphatic rings. The molecule has 10 heteroatoms. The highest BCUT2D eigenvalue weighted by Gasteiger charge is 2.18. The molecule has 0 radical (unpaired) electrons. The highest BCUT2D eigenvalue weighted by Crippen LogP contribution is 2.29. The SMILES string of the molecule is CS(=O)CCNC(=O)c1cc(S(N)(=O)=O)cc(Cl)c1Cl. The first kappa shape index (κ1) is 17.4. The zero-order valence-electron chi connectivity index (χ0n) is 10.4. The summed E-state index contributed by atoms with van der Waals surface area (Å²) in [4.78, 5) is 11.6. The molecule has 1 unspecified atom stereocenters. The Morgan fingerprint density at radius 2 is 2.00 bits per heavy atom. The van der Waals surface area contributed by atoms with E-state index in [-0.39, 0.29) is 32.8 Å². The Hall–Kier alpha value is -0.670. The van der Waals surface area contributed by atoms with Gasteiger partial charge in [0.25, 0.3) is 5.91 Å². The summed E-state index contributed by atoms with van der Waals surface area (Å²) >= 11 is 11.6. The molecule has 1 aromatic carbocycles. The third-order valence-corrected chi connectivity index (χ3v) is 4.72. The first-order chi connectivity index (χ1) is 9.12. The largest absolute Gasteiger partial charge is 0.351 e. The van der Waals surface area contributed by atoms with E-state index in [4.69, 9.17) is 28.3 Å². The van der Waals surface area contributed by atoms with Crippen molar-refractivity contribution >= 4 is 49.9 Å². The lowest BCUT2D eigenvalue weighted by Gasteiger charge is -2.09. The number of hydrogen-bond acceptors (Lipinski definition) is 4. The van der Waals surface area contributed by atoms with Crippen molar-refractivity contribution in [2.24, 2.45) is 5.14 Å². The summed E-state index contributed by atoms with van der Waals surface area (Å²) in [5, 5.41) is 7.28. The van der Waals surface area contributed by atoms with Crippen molar-refractivity contribution in [2.75, 3.05) is 18.6 Å². The van der Waals surface area contributed by atoms with E-state index in [1.54, 1.807) is 0 Å². The van der Waals surface area contributed by atoms with Crippen molar-refractivity contribution in [3.05, 3.63) is 27.7 Å². The van der Waals surface area contributed by atoms with Crippen molar-refractivity contribution in [1.29, 1.82) is 0 Å². The van der Waals surface area contributed by atoms with Gasteiger partial charge in [-0.25, -0.2) is 13.6 Å². The van der Waals surface area contributed by atoms with Crippen molar-refractivity contribution in [2.45, 2.75) is 4.90 Å². The van der Waals surface area contributed by atoms with Gasteiger partial charge < -0.3 is 5.32 Å². The molecule has 1 aromatic rings. The van der Waals surface area contributed by atoms with E-state index >= 15 is 0 Å². The number of carbonyl (C=O) groups is 1. The van der Waals surface area contributed by atoms with Gasteiger partial charge in [0.2, 0.25) is 10.0 Å². The van der Waals surface area contributed by atoms with Crippen LogP contribution < -0.4 is 10.5 Å². The summed E-state index contributed by atoms with van der Waals surface area (Å²) in [6.07, 6.45) is 1.50. The molecule has 0 aliphatic carbocycles. The van der Waals surface area contributed by atoms with Gasteiger partial charge in [-0.05, 0) is 12.1 Å². The average molecular weight is 359 g/mol. The first-order valence-electron chi connectivity index (χ1n) is 5.23. The van der Waals surface area contributed by atoms with E-state index in [0.717, 1.165) is 12.1 Å². The Labute approximate surface area is 129 Å². The Bertz CT molecular complexity index is 661. The second-order valence-electron chi connectivity index (χ2n) is 3.84. The lowest BCUT2D eigenvalue weighted by molar-refractivity contribution is 0.0956. The minimum absolute atomic E-state index is 0.0748. The lowest BCUT2D eigenvalue weighted by atomic mass is 10.2. The van der Waals surface area contributed by atoms with Gasteiger partial charge in [-0.2, -0.15) is 0 Å². The number of halogens is 2. The molecule has 0 bridgehead atoms. The summed E-state index contributed by atoms with van der Waals surface area (Å²) in [5.41, 5.74) is -0.106. The van der Waals surface area contributed by atoms with Crippen LogP contribution in [0.5, 0.6) is 0 Å². The van der Waals surface area contributed by atoms with Crippen LogP contribution >= 0.6 is 23.2 Å². The first-order valence-corrected chi connectivity index (χ1v) is 9.26. The van der Waals surface area contributed by atoms with Crippen LogP contribution in [0.1, 0.15) is 10.4 Å². The van der Waals surface area contributed by atoms with E-state index in [0.29, 0.717) is 0 Å². The molecule has 0 fully saturated rings. The van der Waals surface area contributed by atoms with E-state index in [2.05, 4.69) is 5.32 Å². The van der Waals surface area contributed by atoms with Gasteiger partial charge in [0.1, 0.15) is 0 Å². The molecule has 20 heavy (non-hydrogen) atoms. The molecule has 0 aliphatic heterocycles. The number of primary sulfonamides is 1. The molecule has 0 aromatic heterocycles. The number of nitrogens with two attached hydrogens (primary N) is 1. The summed E-state index contributed by atoms with van der Waals surface area (Å²) in [5.74, 6) is -0.348. The molecule has 3 N–H and O–H groups in total. The predicted molar refractivity (Wildman–Crippen MR) is 79.1 cm³/mol. The number of hydrogen-bond donors (Lipinski definition) is 2. The minimum Gasteiger partial charge on any atom is -0.351 e. The fraction of sp³-hybridized carbons (Fsp3) is 0.300. The molecular weight excluding hydrogens is 347 g/mol. The number of nitrogens with one attached hydrogen (secondary N) is 1. The smallest absolute Gasteiger partial charge is 0.252 e. The minimum atomic E-state index is -4.00. The molecule has 1 atom stereocenters. The second kappa shape index (κ2) is 6.86. The molecule has 0 heterocycles. The zero-order valence-corrected chi connectivity index (χ0v) is 13.5. The van der Waals surface area contributed by atoms with Gasteiger partial charge in [-0.1, -0.05) is 23.2 Å². The van der Waals surface area contributed by atoms with Crippen molar-refractivity contribution < 1.29 is 17.4 Å². The van der Waals surface area contributed by atoms with Crippen LogP contribution in [0.2, 0.25) is 10.0 Å². The molecule has 6 nitrogen and oxygen atoms in total. The Morgan fingerprint density at radius 1 is 1.40 bits per heavy atom. The predicted octanol–water partition coefficient (Wildman–Crippen LogP) is 0.749. The van der Waals surface area contributed by atoms with Crippen LogP contribution in [0.3, 0.4) is 0 Å². The molecule has 0 spiro atoms. The topological polar surface area (TPSA) is 106 Å². The van der Waals surface area contributed by atoms with Crippen LogP contribution in [-0.2, 0) is 20.8 Å². The summed E-state index contributed by atoms with van der Waals surface area (Å²) < 4.78 is 33.4. The van der Waals surface area contributed by atoms with Crippen molar-refractivity contribution in [1.82, 2.24) is 5.32 Å². The maximum Gasteiger partial charge on any atom is 0.252 e. The van der Waals surface area contributed by atoms with Crippen LogP contribution in [0.15, 0.2) is 17.0 Å². The van der Waals surface area contributed by atoms with E-state index in [1.165, 1.54) is 6.26 Å². The van der Waals surface area contributed by atoms with Gasteiger partial charge >= 0.3 is 0 Å². The van der Waals surface area contributed by atoms with Gasteiger partial charge in [0.05, 0.1) is 20.5 Å². The third-order valence-electron chi connectivity index (χ3n) is 2.25. The van der Waals surface area contributed by atoms with Gasteiger partial charge in [-0.15, -0.1) is 0 Å². The molecular formula is C10H12Cl2N2O4S2. The number of benzene rings is 1. The maximum absolute atomic E-state index is 11.9. The fourth-order valence-corrected chi connectivity index (χ4v) is 2.73. The maximum atomic E-state index is 11.9. The monoisotopic (exact) mass is 358 g/mol. The van der Waals surface area contributed by atoms with Gasteiger partial charge in [-0.3, -0.25) is 9.00 Å². The average Bonchev–Trinajstić information content (AvgIpc) is 2.30. The van der Waals surface area contributed by atoms with E-state index in [1.807, 2.05) is 0 Å². The summed E-state index contributed by atoms with van der Waals surface area (Å²) in [6, 6.07) is 2.11. The van der Waals surface area contributed by atoms with Crippen LogP contribution in [0.25, 0.3) is 0 Å². The Morgan fingerprint density at radius 3 is 2.50 bits per heavy atom. The second-order valence-corrected chi connectivity index (χ2v) is 7.75. The zero-order chi connectivity index (χ0) is 15.5. The summed E-state index contributed by atoms with van der Waals surface area (Å²) in [6.45, 7) is 0.162. The third kappa shape index (κ3) is 4.71. The van der Waals surface area contributed by atoms with Crippen LogP contribution in [0, 0.1) is 0 Å². The van der Waals surface area contributed by atoms with Crippen LogP contribution in [0.4, 0.5) is 0 Å². The molecule has 0 saturated heterocycles. The standard InChI is InChI=1S/C10H12Cl2N2O4S2/c1-19(16)3-2-14-10(15)7-4-6(20(13,17)18)5-8(11)9(7)12/h4-5H,2-3H2,1H3,(H,14,15)(H2,13,17,18). The molecule has 1 amide bonds. The van der Waals surface area contributed by atoms with Crippen molar-refractivity contribution in [3.63, 3.8) is 0 Å². The van der Waals surface area contributed by atoms with E-state index < -0.39 is 26.7 Å². The molecule has 0 saturated carbocycles. The van der Waals surface area contributed by atoms with Gasteiger partial charge in [0, 0.05) is 29.4 Å². The number of rotatable bonds is 5. The molecule has 112 valence electrons. The number of amides is 1. The highest BCUT2D eigenvalue weighted by molar-refractivity contribution is 7.89. The Balaban J connectivity index is 3.08. The number of sulfonamides is 1. The normalized spacial score (nSPS) is 13.0. The fourth-order valence-electron chi connectivity index (χ4n) is 1.30. The Kier molecular flexibility index (Phi) is 5.96. The van der Waals surface area contributed by atoms with Crippen LogP contribution in [-0.4, -0.2) is 37.1 Å². The summed E-state index contributed by atoms with van der Waals surface area (Å²) in [7, 11) is -5.06. The highest BCUT2D eigenvalue weighted by atomic mass is 35.5. The lowest BCUT2D eigenvalue weighted by Crippen LogP contribution is -2.28. The van der Waals surface area contributed by atoms with E-state index in [9.17, 15) is 17.4 Å². The quantitative estimate of drug-likeness (QED) is 0.809. The number of carbonyl (C=O) groups excluding carboxylic acids is 1. The van der Waals surface area contributed by atoms with Gasteiger partial charge in [0.15, 0.2) is 0 Å².